The van der Waals surface area contributed by atoms with Gasteiger partial charge in [0.25, 0.3) is 0 Å². The van der Waals surface area contributed by atoms with E-state index in [1.165, 1.54) is 0 Å². The number of hydrogen-bond acceptors (Lipinski definition) is 3. The van der Waals surface area contributed by atoms with E-state index in [0.717, 1.165) is 35.0 Å². The summed E-state index contributed by atoms with van der Waals surface area (Å²) in [5.74, 6) is 0.910. The average Bonchev–Trinajstić information content (AvgIpc) is 2.97. The van der Waals surface area contributed by atoms with Crippen LogP contribution in [0.4, 0.5) is 0 Å². The Balaban J connectivity index is 2.25. The molecule has 0 spiro atoms. The highest BCUT2D eigenvalue weighted by molar-refractivity contribution is 6.31. The molecule has 4 nitrogen and oxygen atoms in total. The Morgan fingerprint density at radius 2 is 2.33 bits per heavy atom. The van der Waals surface area contributed by atoms with E-state index in [1.54, 1.807) is 6.26 Å². The Kier molecular flexibility index (Phi) is 4.09. The SMILES string of the molecule is CCc1nn(C)c(CC(NC)c2ccco2)c1Cl. The summed E-state index contributed by atoms with van der Waals surface area (Å²) >= 11 is 6.35. The normalized spacial score (nSPS) is 12.9. The Bertz CT molecular complexity index is 505. The Morgan fingerprint density at radius 1 is 1.56 bits per heavy atom. The van der Waals surface area contributed by atoms with E-state index in [4.69, 9.17) is 16.0 Å². The van der Waals surface area contributed by atoms with Crippen LogP contribution in [0.5, 0.6) is 0 Å². The largest absolute Gasteiger partial charge is 0.468 e. The van der Waals surface area contributed by atoms with Gasteiger partial charge in [0.2, 0.25) is 0 Å². The topological polar surface area (TPSA) is 43.0 Å². The van der Waals surface area contributed by atoms with Crippen molar-refractivity contribution in [2.45, 2.75) is 25.8 Å². The summed E-state index contributed by atoms with van der Waals surface area (Å²) in [5, 5.41) is 8.44. The van der Waals surface area contributed by atoms with Crippen molar-refractivity contribution in [3.05, 3.63) is 40.6 Å². The number of nitrogens with zero attached hydrogens (tertiary/aromatic N) is 2. The van der Waals surface area contributed by atoms with Crippen molar-refractivity contribution in [2.24, 2.45) is 7.05 Å². The molecule has 0 radical (unpaired) electrons. The van der Waals surface area contributed by atoms with Crippen LogP contribution < -0.4 is 5.32 Å². The van der Waals surface area contributed by atoms with Crippen molar-refractivity contribution >= 4 is 11.6 Å². The summed E-state index contributed by atoms with van der Waals surface area (Å²) in [6.07, 6.45) is 3.28. The molecular weight excluding hydrogens is 250 g/mol. The van der Waals surface area contributed by atoms with Gasteiger partial charge >= 0.3 is 0 Å². The van der Waals surface area contributed by atoms with Gasteiger partial charge in [0.05, 0.1) is 28.7 Å². The second-order valence-corrected chi connectivity index (χ2v) is 4.62. The molecule has 2 heterocycles. The summed E-state index contributed by atoms with van der Waals surface area (Å²) < 4.78 is 7.29. The molecule has 1 unspecified atom stereocenters. The predicted molar refractivity (Wildman–Crippen MR) is 71.8 cm³/mol. The Morgan fingerprint density at radius 3 is 2.83 bits per heavy atom. The molecule has 5 heteroatoms. The van der Waals surface area contributed by atoms with Crippen LogP contribution in [0.3, 0.4) is 0 Å². The van der Waals surface area contributed by atoms with E-state index in [2.05, 4.69) is 17.3 Å². The lowest BCUT2D eigenvalue weighted by Crippen LogP contribution is -2.19. The number of halogens is 1. The van der Waals surface area contributed by atoms with Crippen LogP contribution in [0.15, 0.2) is 22.8 Å². The number of aromatic nitrogens is 2. The van der Waals surface area contributed by atoms with E-state index >= 15 is 0 Å². The molecule has 2 aromatic rings. The van der Waals surface area contributed by atoms with Crippen LogP contribution in [0.1, 0.15) is 30.1 Å². The number of furan rings is 1. The van der Waals surface area contributed by atoms with E-state index < -0.39 is 0 Å². The summed E-state index contributed by atoms with van der Waals surface area (Å²) in [6, 6.07) is 3.96. The minimum atomic E-state index is 0.109. The quantitative estimate of drug-likeness (QED) is 0.906. The summed E-state index contributed by atoms with van der Waals surface area (Å²) in [6.45, 7) is 2.06. The fraction of sp³-hybridized carbons (Fsp3) is 0.462. The molecule has 0 aromatic carbocycles. The molecule has 1 N–H and O–H groups in total. The zero-order valence-corrected chi connectivity index (χ0v) is 11.7. The molecule has 2 rings (SSSR count). The predicted octanol–water partition coefficient (Wildman–Crippen LogP) is 2.73. The van der Waals surface area contributed by atoms with Crippen molar-refractivity contribution in [1.82, 2.24) is 15.1 Å². The molecular formula is C13H18ClN3O. The lowest BCUT2D eigenvalue weighted by Gasteiger charge is -2.13. The first kappa shape index (κ1) is 13.2. The zero-order valence-electron chi connectivity index (χ0n) is 10.9. The Hall–Kier alpha value is -1.26. The minimum Gasteiger partial charge on any atom is -0.468 e. The lowest BCUT2D eigenvalue weighted by molar-refractivity contribution is 0.423. The molecule has 98 valence electrons. The number of nitrogens with one attached hydrogen (secondary N) is 1. The number of aryl methyl sites for hydroxylation is 2. The van der Waals surface area contributed by atoms with Crippen LogP contribution in [-0.2, 0) is 19.9 Å². The van der Waals surface area contributed by atoms with Gasteiger partial charge in [-0.05, 0) is 25.6 Å². The van der Waals surface area contributed by atoms with E-state index in [0.29, 0.717) is 0 Å². The molecule has 0 saturated carbocycles. The molecule has 0 amide bonds. The third-order valence-corrected chi connectivity index (χ3v) is 3.57. The van der Waals surface area contributed by atoms with Gasteiger partial charge in [-0.2, -0.15) is 5.10 Å². The van der Waals surface area contributed by atoms with Crippen LogP contribution in [0.2, 0.25) is 5.02 Å². The first-order valence-corrected chi connectivity index (χ1v) is 6.46. The van der Waals surface area contributed by atoms with E-state index in [1.807, 2.05) is 30.9 Å². The van der Waals surface area contributed by atoms with Gasteiger partial charge < -0.3 is 9.73 Å². The second-order valence-electron chi connectivity index (χ2n) is 4.25. The van der Waals surface area contributed by atoms with Crippen LogP contribution in [0.25, 0.3) is 0 Å². The van der Waals surface area contributed by atoms with Gasteiger partial charge in [0, 0.05) is 13.5 Å². The van der Waals surface area contributed by atoms with E-state index in [9.17, 15) is 0 Å². The van der Waals surface area contributed by atoms with Gasteiger partial charge in [-0.1, -0.05) is 18.5 Å². The maximum Gasteiger partial charge on any atom is 0.121 e. The molecule has 0 aliphatic carbocycles. The summed E-state index contributed by atoms with van der Waals surface area (Å²) in [4.78, 5) is 0. The second kappa shape index (κ2) is 5.59. The Labute approximate surface area is 112 Å². The fourth-order valence-corrected chi connectivity index (χ4v) is 2.44. The smallest absolute Gasteiger partial charge is 0.121 e. The summed E-state index contributed by atoms with van der Waals surface area (Å²) in [7, 11) is 3.84. The van der Waals surface area contributed by atoms with Gasteiger partial charge in [-0.25, -0.2) is 0 Å². The maximum atomic E-state index is 6.35. The molecule has 2 aromatic heterocycles. The van der Waals surface area contributed by atoms with Gasteiger partial charge in [-0.15, -0.1) is 0 Å². The molecule has 0 saturated heterocycles. The van der Waals surface area contributed by atoms with Crippen molar-refractivity contribution in [2.75, 3.05) is 7.05 Å². The minimum absolute atomic E-state index is 0.109. The molecule has 0 aliphatic rings. The fourth-order valence-electron chi connectivity index (χ4n) is 2.07. The van der Waals surface area contributed by atoms with Crippen molar-refractivity contribution < 1.29 is 4.42 Å². The number of likely N-dealkylation sites (N-methyl/N-ethyl adjacent to an activating group) is 1. The zero-order chi connectivity index (χ0) is 13.1. The molecule has 0 fully saturated rings. The highest BCUT2D eigenvalue weighted by Crippen LogP contribution is 2.26. The summed E-state index contributed by atoms with van der Waals surface area (Å²) in [5.41, 5.74) is 1.98. The van der Waals surface area contributed by atoms with Crippen LogP contribution in [0, 0.1) is 0 Å². The molecule has 0 bridgehead atoms. The molecule has 1 atom stereocenters. The third kappa shape index (κ3) is 2.44. The highest BCUT2D eigenvalue weighted by Gasteiger charge is 2.19. The van der Waals surface area contributed by atoms with Gasteiger partial charge in [0.15, 0.2) is 0 Å². The highest BCUT2D eigenvalue weighted by atomic mass is 35.5. The lowest BCUT2D eigenvalue weighted by atomic mass is 10.1. The van der Waals surface area contributed by atoms with Crippen molar-refractivity contribution in [3.63, 3.8) is 0 Å². The third-order valence-electron chi connectivity index (χ3n) is 3.14. The first-order chi connectivity index (χ1) is 8.67. The monoisotopic (exact) mass is 267 g/mol. The number of hydrogen-bond donors (Lipinski definition) is 1. The first-order valence-electron chi connectivity index (χ1n) is 6.08. The average molecular weight is 268 g/mol. The molecule has 18 heavy (non-hydrogen) atoms. The number of rotatable bonds is 5. The van der Waals surface area contributed by atoms with Crippen LogP contribution in [-0.4, -0.2) is 16.8 Å². The van der Waals surface area contributed by atoms with E-state index in [-0.39, 0.29) is 6.04 Å². The van der Waals surface area contributed by atoms with Crippen molar-refractivity contribution in [3.8, 4) is 0 Å². The van der Waals surface area contributed by atoms with Gasteiger partial charge in [0.1, 0.15) is 5.76 Å². The van der Waals surface area contributed by atoms with Gasteiger partial charge in [-0.3, -0.25) is 4.68 Å². The maximum absolute atomic E-state index is 6.35. The standard InChI is InChI=1S/C13H18ClN3O/c1-4-9-13(14)11(17(3)16-9)8-10(15-2)12-6-5-7-18-12/h5-7,10,15H,4,8H2,1-3H3. The van der Waals surface area contributed by atoms with Crippen LogP contribution >= 0.6 is 11.6 Å². The molecule has 0 aliphatic heterocycles. The van der Waals surface area contributed by atoms with Crippen molar-refractivity contribution in [1.29, 1.82) is 0 Å².